The largest absolute Gasteiger partial charge is 0.342 e. The van der Waals surface area contributed by atoms with Crippen molar-refractivity contribution < 1.29 is 14.4 Å². The van der Waals surface area contributed by atoms with E-state index in [1.54, 1.807) is 23.1 Å². The van der Waals surface area contributed by atoms with E-state index in [-0.39, 0.29) is 11.8 Å². The smallest absolute Gasteiger partial charge is 0.269 e. The molecule has 0 saturated carbocycles. The van der Waals surface area contributed by atoms with Crippen molar-refractivity contribution in [3.63, 3.8) is 0 Å². The Kier molecular flexibility index (Phi) is 3.86. The van der Waals surface area contributed by atoms with Gasteiger partial charge in [-0.2, -0.15) is 5.10 Å². The molecule has 1 aromatic carbocycles. The van der Waals surface area contributed by atoms with Gasteiger partial charge in [0.25, 0.3) is 5.69 Å². The van der Waals surface area contributed by atoms with Gasteiger partial charge in [-0.1, -0.05) is 6.92 Å². The van der Waals surface area contributed by atoms with Crippen LogP contribution in [0.5, 0.6) is 0 Å². The number of benzene rings is 1. The van der Waals surface area contributed by atoms with Crippen LogP contribution in [0.4, 0.5) is 5.69 Å². The lowest BCUT2D eigenvalue weighted by Crippen LogP contribution is -2.33. The Hall–Kier alpha value is -2.32. The molecule has 2 heterocycles. The van der Waals surface area contributed by atoms with Crippen LogP contribution in [0.1, 0.15) is 18.9 Å². The van der Waals surface area contributed by atoms with Gasteiger partial charge in [0.15, 0.2) is 0 Å². The number of rotatable bonds is 5. The highest BCUT2D eigenvalue weighted by Crippen LogP contribution is 2.37. The first-order chi connectivity index (χ1) is 10.6. The van der Waals surface area contributed by atoms with Crippen LogP contribution in [0, 0.1) is 10.1 Å². The molecule has 22 heavy (non-hydrogen) atoms. The minimum Gasteiger partial charge on any atom is -0.342 e. The Morgan fingerprint density at radius 1 is 1.45 bits per heavy atom. The normalized spacial score (nSPS) is 24.5. The van der Waals surface area contributed by atoms with Crippen LogP contribution in [0.15, 0.2) is 36.9 Å². The van der Waals surface area contributed by atoms with Crippen LogP contribution in [0.2, 0.25) is 0 Å². The van der Waals surface area contributed by atoms with Gasteiger partial charge < -0.3 is 9.47 Å². The zero-order valence-electron chi connectivity index (χ0n) is 12.1. The van der Waals surface area contributed by atoms with Crippen LogP contribution in [0.25, 0.3) is 0 Å². The lowest BCUT2D eigenvalue weighted by Gasteiger charge is -2.28. The van der Waals surface area contributed by atoms with Gasteiger partial charge in [-0.3, -0.25) is 10.1 Å². The Balaban J connectivity index is 1.93. The molecule has 0 spiro atoms. The highest BCUT2D eigenvalue weighted by atomic mass is 16.7. The maximum absolute atomic E-state index is 10.8. The van der Waals surface area contributed by atoms with Gasteiger partial charge in [0.1, 0.15) is 19.2 Å². The number of hydrogen-bond donors (Lipinski definition) is 0. The molecular formula is C14H16N4O4. The quantitative estimate of drug-likeness (QED) is 0.618. The topological polar surface area (TPSA) is 92.3 Å². The lowest BCUT2D eigenvalue weighted by molar-refractivity contribution is -0.384. The molecule has 0 radical (unpaired) electrons. The third kappa shape index (κ3) is 2.70. The standard InChI is InChI=1S/C14H16N4O4/c1-2-13-7-21-14(22-13,8-17-10-15-9-16-17)11-3-5-12(6-4-11)18(19)20/h3-6,9-10,13H,2,7-8H2,1H3. The second kappa shape index (κ2) is 5.82. The molecule has 0 N–H and O–H groups in total. The number of nitrogens with zero attached hydrogens (tertiary/aromatic N) is 4. The molecule has 1 aromatic heterocycles. The molecule has 1 aliphatic rings. The first-order valence-electron chi connectivity index (χ1n) is 7.02. The van der Waals surface area contributed by atoms with Gasteiger partial charge >= 0.3 is 0 Å². The average molecular weight is 304 g/mol. The summed E-state index contributed by atoms with van der Waals surface area (Å²) in [6.45, 7) is 2.83. The first-order valence-corrected chi connectivity index (χ1v) is 7.02. The van der Waals surface area contributed by atoms with Gasteiger partial charge in [-0.25, -0.2) is 9.67 Å². The van der Waals surface area contributed by atoms with Crippen molar-refractivity contribution in [3.05, 3.63) is 52.6 Å². The lowest BCUT2D eigenvalue weighted by atomic mass is 10.1. The van der Waals surface area contributed by atoms with Crippen LogP contribution in [-0.2, 0) is 21.8 Å². The fourth-order valence-corrected chi connectivity index (χ4v) is 2.46. The minimum atomic E-state index is -0.997. The van der Waals surface area contributed by atoms with E-state index >= 15 is 0 Å². The summed E-state index contributed by atoms with van der Waals surface area (Å²) in [4.78, 5) is 14.3. The highest BCUT2D eigenvalue weighted by Gasteiger charge is 2.43. The molecule has 2 aromatic rings. The maximum atomic E-state index is 10.8. The molecule has 2 unspecified atom stereocenters. The van der Waals surface area contributed by atoms with Crippen molar-refractivity contribution in [1.82, 2.24) is 14.8 Å². The van der Waals surface area contributed by atoms with E-state index < -0.39 is 10.7 Å². The van der Waals surface area contributed by atoms with Crippen molar-refractivity contribution in [2.45, 2.75) is 31.8 Å². The second-order valence-corrected chi connectivity index (χ2v) is 5.11. The minimum absolute atomic E-state index is 0.0151. The average Bonchev–Trinajstić information content (AvgIpc) is 3.18. The molecule has 2 atom stereocenters. The van der Waals surface area contributed by atoms with Crippen molar-refractivity contribution in [2.75, 3.05) is 6.61 Å². The van der Waals surface area contributed by atoms with E-state index in [0.717, 1.165) is 12.0 Å². The number of non-ortho nitro benzene ring substituents is 1. The summed E-state index contributed by atoms with van der Waals surface area (Å²) in [6.07, 6.45) is 3.83. The summed E-state index contributed by atoms with van der Waals surface area (Å²) < 4.78 is 13.6. The number of ether oxygens (including phenoxy) is 2. The maximum Gasteiger partial charge on any atom is 0.269 e. The molecule has 116 valence electrons. The molecule has 1 fully saturated rings. The first kappa shape index (κ1) is 14.6. The predicted octanol–water partition coefficient (Wildman–Crippen LogP) is 1.86. The van der Waals surface area contributed by atoms with E-state index in [9.17, 15) is 10.1 Å². The van der Waals surface area contributed by atoms with E-state index in [1.165, 1.54) is 18.5 Å². The summed E-state index contributed by atoms with van der Waals surface area (Å²) in [6, 6.07) is 6.22. The summed E-state index contributed by atoms with van der Waals surface area (Å²) >= 11 is 0. The van der Waals surface area contributed by atoms with E-state index in [0.29, 0.717) is 13.2 Å². The fourth-order valence-electron chi connectivity index (χ4n) is 2.46. The molecule has 0 aliphatic carbocycles. The molecule has 8 heteroatoms. The van der Waals surface area contributed by atoms with Crippen LogP contribution >= 0.6 is 0 Å². The van der Waals surface area contributed by atoms with E-state index in [4.69, 9.17) is 9.47 Å². The van der Waals surface area contributed by atoms with E-state index in [1.807, 2.05) is 6.92 Å². The van der Waals surface area contributed by atoms with Gasteiger partial charge in [-0.15, -0.1) is 0 Å². The molecular weight excluding hydrogens is 288 g/mol. The molecule has 1 aliphatic heterocycles. The number of nitro groups is 1. The van der Waals surface area contributed by atoms with Crippen LogP contribution < -0.4 is 0 Å². The Morgan fingerprint density at radius 3 is 2.77 bits per heavy atom. The summed E-state index contributed by atoms with van der Waals surface area (Å²) in [5.74, 6) is -0.997. The number of hydrogen-bond acceptors (Lipinski definition) is 6. The highest BCUT2D eigenvalue weighted by molar-refractivity contribution is 5.35. The second-order valence-electron chi connectivity index (χ2n) is 5.11. The van der Waals surface area contributed by atoms with Crippen LogP contribution in [0.3, 0.4) is 0 Å². The van der Waals surface area contributed by atoms with Gasteiger partial charge in [-0.05, 0) is 18.6 Å². The summed E-state index contributed by atoms with van der Waals surface area (Å²) in [7, 11) is 0. The van der Waals surface area contributed by atoms with Crippen molar-refractivity contribution >= 4 is 5.69 Å². The molecule has 0 amide bonds. The van der Waals surface area contributed by atoms with Crippen LogP contribution in [-0.4, -0.2) is 32.4 Å². The molecule has 3 rings (SSSR count). The summed E-state index contributed by atoms with van der Waals surface area (Å²) in [5.41, 5.74) is 0.759. The number of nitro benzene ring substituents is 1. The zero-order chi connectivity index (χ0) is 15.6. The zero-order valence-corrected chi connectivity index (χ0v) is 12.1. The van der Waals surface area contributed by atoms with Crippen molar-refractivity contribution in [3.8, 4) is 0 Å². The van der Waals surface area contributed by atoms with Gasteiger partial charge in [0.05, 0.1) is 17.6 Å². The monoisotopic (exact) mass is 304 g/mol. The molecule has 8 nitrogen and oxygen atoms in total. The predicted molar refractivity (Wildman–Crippen MR) is 75.9 cm³/mol. The molecule has 0 bridgehead atoms. The van der Waals surface area contributed by atoms with Gasteiger partial charge in [0.2, 0.25) is 5.79 Å². The van der Waals surface area contributed by atoms with Crippen molar-refractivity contribution in [2.24, 2.45) is 0 Å². The third-order valence-corrected chi connectivity index (χ3v) is 3.67. The SMILES string of the molecule is CCC1COC(Cn2cncn2)(c2ccc([N+](=O)[O-])cc2)O1. The van der Waals surface area contributed by atoms with E-state index in [2.05, 4.69) is 10.1 Å². The molecule has 1 saturated heterocycles. The Labute approximate surface area is 126 Å². The summed E-state index contributed by atoms with van der Waals surface area (Å²) in [5, 5.41) is 14.9. The van der Waals surface area contributed by atoms with Crippen molar-refractivity contribution in [1.29, 1.82) is 0 Å². The third-order valence-electron chi connectivity index (χ3n) is 3.67. The Bertz CT molecular complexity index is 643. The van der Waals surface area contributed by atoms with Gasteiger partial charge in [0, 0.05) is 17.7 Å². The Morgan fingerprint density at radius 2 is 2.23 bits per heavy atom. The number of aromatic nitrogens is 3. The fraction of sp³-hybridized carbons (Fsp3) is 0.429.